The van der Waals surface area contributed by atoms with E-state index in [1.165, 1.54) is 58.2 Å². The van der Waals surface area contributed by atoms with E-state index in [4.69, 9.17) is 0 Å². The Morgan fingerprint density at radius 2 is 1.60 bits per heavy atom. The van der Waals surface area contributed by atoms with Crippen molar-refractivity contribution in [1.29, 1.82) is 0 Å². The first-order valence-electron chi connectivity index (χ1n) is 8.52. The van der Waals surface area contributed by atoms with Crippen LogP contribution in [-0.4, -0.2) is 61.0 Å². The Labute approximate surface area is 123 Å². The van der Waals surface area contributed by atoms with E-state index in [9.17, 15) is 4.79 Å². The number of carbonyl (C=O) groups excluding carboxylic acids is 1. The number of nitrogens with one attached hydrogen (secondary N) is 1. The average Bonchev–Trinajstić information content (AvgIpc) is 2.83. The van der Waals surface area contributed by atoms with Crippen LogP contribution in [0, 0.1) is 0 Å². The first kappa shape index (κ1) is 15.8. The Morgan fingerprint density at radius 3 is 2.25 bits per heavy atom. The van der Waals surface area contributed by atoms with Gasteiger partial charge in [-0.3, -0.25) is 4.79 Å². The molecule has 2 aliphatic rings. The lowest BCUT2D eigenvalue weighted by atomic mass is 10.2. The molecular formula is C16H31N3O. The van der Waals surface area contributed by atoms with Gasteiger partial charge in [-0.1, -0.05) is 12.8 Å². The van der Waals surface area contributed by atoms with Crippen LogP contribution in [0.4, 0.5) is 0 Å². The second kappa shape index (κ2) is 8.63. The van der Waals surface area contributed by atoms with Crippen LogP contribution >= 0.6 is 0 Å². The molecule has 1 unspecified atom stereocenters. The molecule has 0 aromatic rings. The van der Waals surface area contributed by atoms with Crippen LogP contribution in [0.3, 0.4) is 0 Å². The van der Waals surface area contributed by atoms with Crippen LogP contribution in [0.25, 0.3) is 0 Å². The van der Waals surface area contributed by atoms with E-state index in [-0.39, 0.29) is 6.04 Å². The highest BCUT2D eigenvalue weighted by Gasteiger charge is 2.20. The summed E-state index contributed by atoms with van der Waals surface area (Å²) in [4.78, 5) is 16.9. The minimum absolute atomic E-state index is 0.0216. The summed E-state index contributed by atoms with van der Waals surface area (Å²) in [6, 6.07) is -0.0216. The van der Waals surface area contributed by atoms with Crippen molar-refractivity contribution in [1.82, 2.24) is 15.1 Å². The minimum atomic E-state index is -0.0216. The van der Waals surface area contributed by atoms with Gasteiger partial charge in [-0.25, -0.2) is 0 Å². The molecule has 0 bridgehead atoms. The molecule has 1 atom stereocenters. The lowest BCUT2D eigenvalue weighted by Gasteiger charge is -2.25. The fourth-order valence-corrected chi connectivity index (χ4v) is 3.28. The highest BCUT2D eigenvalue weighted by atomic mass is 16.2. The van der Waals surface area contributed by atoms with Crippen molar-refractivity contribution >= 4 is 5.91 Å². The molecule has 1 amide bonds. The van der Waals surface area contributed by atoms with E-state index < -0.39 is 0 Å². The Hall–Kier alpha value is -0.610. The van der Waals surface area contributed by atoms with E-state index in [1.54, 1.807) is 0 Å². The van der Waals surface area contributed by atoms with E-state index in [1.807, 2.05) is 6.92 Å². The molecule has 2 rings (SSSR count). The van der Waals surface area contributed by atoms with Crippen molar-refractivity contribution in [2.75, 3.05) is 39.3 Å². The van der Waals surface area contributed by atoms with Crippen molar-refractivity contribution in [2.45, 2.75) is 57.9 Å². The normalized spacial score (nSPS) is 22.8. The number of hydrogen-bond acceptors (Lipinski definition) is 3. The third-order valence-corrected chi connectivity index (χ3v) is 4.59. The Balaban J connectivity index is 1.60. The molecule has 2 saturated heterocycles. The number of likely N-dealkylation sites (tertiary alicyclic amines) is 2. The molecule has 2 heterocycles. The first-order valence-corrected chi connectivity index (χ1v) is 8.52. The maximum Gasteiger partial charge on any atom is 0.239 e. The smallest absolute Gasteiger partial charge is 0.239 e. The van der Waals surface area contributed by atoms with Crippen LogP contribution in [0.1, 0.15) is 51.9 Å². The number of nitrogens with zero attached hydrogens (tertiary/aromatic N) is 2. The summed E-state index contributed by atoms with van der Waals surface area (Å²) >= 11 is 0. The van der Waals surface area contributed by atoms with Gasteiger partial charge in [0.25, 0.3) is 0 Å². The zero-order valence-electron chi connectivity index (χ0n) is 13.1. The van der Waals surface area contributed by atoms with Gasteiger partial charge in [0.1, 0.15) is 0 Å². The molecule has 0 aromatic carbocycles. The highest BCUT2D eigenvalue weighted by molar-refractivity contribution is 5.81. The van der Waals surface area contributed by atoms with E-state index in [0.29, 0.717) is 5.91 Å². The third-order valence-electron chi connectivity index (χ3n) is 4.59. The first-order chi connectivity index (χ1) is 9.77. The summed E-state index contributed by atoms with van der Waals surface area (Å²) in [7, 11) is 0. The van der Waals surface area contributed by atoms with Crippen LogP contribution in [-0.2, 0) is 4.79 Å². The second-order valence-corrected chi connectivity index (χ2v) is 6.32. The van der Waals surface area contributed by atoms with Crippen LogP contribution in [0.5, 0.6) is 0 Å². The van der Waals surface area contributed by atoms with Gasteiger partial charge in [0, 0.05) is 13.1 Å². The summed E-state index contributed by atoms with van der Waals surface area (Å²) < 4.78 is 0. The van der Waals surface area contributed by atoms with Crippen molar-refractivity contribution in [2.24, 2.45) is 0 Å². The third kappa shape index (κ3) is 5.06. The lowest BCUT2D eigenvalue weighted by molar-refractivity contribution is -0.133. The van der Waals surface area contributed by atoms with Gasteiger partial charge in [0.15, 0.2) is 0 Å². The summed E-state index contributed by atoms with van der Waals surface area (Å²) in [5, 5.41) is 3.41. The molecule has 0 saturated carbocycles. The van der Waals surface area contributed by atoms with Gasteiger partial charge in [0.05, 0.1) is 6.04 Å². The van der Waals surface area contributed by atoms with Crippen LogP contribution in [0.15, 0.2) is 0 Å². The summed E-state index contributed by atoms with van der Waals surface area (Å²) in [5.74, 6) is 0.299. The second-order valence-electron chi connectivity index (χ2n) is 6.32. The fourth-order valence-electron chi connectivity index (χ4n) is 3.28. The van der Waals surface area contributed by atoms with E-state index >= 15 is 0 Å². The van der Waals surface area contributed by atoms with Gasteiger partial charge in [-0.15, -0.1) is 0 Å². The molecule has 0 aromatic heterocycles. The SMILES string of the molecule is CC(NCCCN1CCCC1)C(=O)N1CCCCCC1. The summed E-state index contributed by atoms with van der Waals surface area (Å²) in [6.07, 6.45) is 8.77. The highest BCUT2D eigenvalue weighted by Crippen LogP contribution is 2.11. The number of hydrogen-bond donors (Lipinski definition) is 1. The quantitative estimate of drug-likeness (QED) is 0.755. The monoisotopic (exact) mass is 281 g/mol. The average molecular weight is 281 g/mol. The van der Waals surface area contributed by atoms with Crippen molar-refractivity contribution in [3.8, 4) is 0 Å². The fraction of sp³-hybridized carbons (Fsp3) is 0.938. The molecule has 20 heavy (non-hydrogen) atoms. The van der Waals surface area contributed by atoms with Crippen molar-refractivity contribution in [3.05, 3.63) is 0 Å². The predicted octanol–water partition coefficient (Wildman–Crippen LogP) is 1.85. The standard InChI is InChI=1S/C16H31N3O/c1-15(16(20)19-13-4-2-3-5-14-19)17-9-8-12-18-10-6-7-11-18/h15,17H,2-14H2,1H3. The van der Waals surface area contributed by atoms with Gasteiger partial charge in [0.2, 0.25) is 5.91 Å². The van der Waals surface area contributed by atoms with E-state index in [0.717, 1.165) is 26.1 Å². The number of amides is 1. The van der Waals surface area contributed by atoms with E-state index in [2.05, 4.69) is 15.1 Å². The summed E-state index contributed by atoms with van der Waals surface area (Å²) in [5.41, 5.74) is 0. The Kier molecular flexibility index (Phi) is 6.80. The molecule has 0 aliphatic carbocycles. The largest absolute Gasteiger partial charge is 0.341 e. The molecule has 1 N–H and O–H groups in total. The van der Waals surface area contributed by atoms with Gasteiger partial charge in [-0.05, 0) is 65.2 Å². The maximum absolute atomic E-state index is 12.4. The molecule has 2 aliphatic heterocycles. The maximum atomic E-state index is 12.4. The van der Waals surface area contributed by atoms with Crippen molar-refractivity contribution < 1.29 is 4.79 Å². The van der Waals surface area contributed by atoms with Gasteiger partial charge in [-0.2, -0.15) is 0 Å². The van der Waals surface area contributed by atoms with Crippen LogP contribution < -0.4 is 5.32 Å². The lowest BCUT2D eigenvalue weighted by Crippen LogP contribution is -2.45. The molecule has 0 spiro atoms. The Bertz CT molecular complexity index is 281. The zero-order valence-corrected chi connectivity index (χ0v) is 13.1. The zero-order chi connectivity index (χ0) is 14.2. The molecule has 116 valence electrons. The molecule has 4 nitrogen and oxygen atoms in total. The summed E-state index contributed by atoms with van der Waals surface area (Å²) in [6.45, 7) is 8.60. The van der Waals surface area contributed by atoms with Gasteiger partial charge >= 0.3 is 0 Å². The predicted molar refractivity (Wildman–Crippen MR) is 82.8 cm³/mol. The Morgan fingerprint density at radius 1 is 1.00 bits per heavy atom. The molecule has 2 fully saturated rings. The molecular weight excluding hydrogens is 250 g/mol. The molecule has 4 heteroatoms. The number of rotatable bonds is 6. The number of carbonyl (C=O) groups is 1. The van der Waals surface area contributed by atoms with Crippen molar-refractivity contribution in [3.63, 3.8) is 0 Å². The van der Waals surface area contributed by atoms with Gasteiger partial charge < -0.3 is 15.1 Å². The minimum Gasteiger partial charge on any atom is -0.341 e. The molecule has 0 radical (unpaired) electrons. The topological polar surface area (TPSA) is 35.6 Å². The van der Waals surface area contributed by atoms with Crippen LogP contribution in [0.2, 0.25) is 0 Å².